The third kappa shape index (κ3) is 4.18. The Hall–Kier alpha value is -3.40. The third-order valence-electron chi connectivity index (χ3n) is 6.50. The minimum absolute atomic E-state index is 0.0811. The van der Waals surface area contributed by atoms with Crippen molar-refractivity contribution >= 4 is 16.8 Å². The van der Waals surface area contributed by atoms with Crippen LogP contribution in [0.25, 0.3) is 10.9 Å². The molecule has 4 aromatic rings. The van der Waals surface area contributed by atoms with E-state index >= 15 is 0 Å². The van der Waals surface area contributed by atoms with Gasteiger partial charge in [0.1, 0.15) is 5.82 Å². The zero-order chi connectivity index (χ0) is 21.9. The van der Waals surface area contributed by atoms with Gasteiger partial charge in [0, 0.05) is 29.1 Å². The molecule has 5 rings (SSSR count). The number of amides is 1. The van der Waals surface area contributed by atoms with Crippen LogP contribution < -0.4 is 5.32 Å². The largest absolute Gasteiger partial charge is 0.349 e. The lowest BCUT2D eigenvalue weighted by Gasteiger charge is -2.26. The van der Waals surface area contributed by atoms with Crippen LogP contribution in [0.5, 0.6) is 0 Å². The van der Waals surface area contributed by atoms with Crippen molar-refractivity contribution in [1.29, 1.82) is 0 Å². The van der Waals surface area contributed by atoms with Gasteiger partial charge >= 0.3 is 0 Å². The van der Waals surface area contributed by atoms with Crippen molar-refractivity contribution in [2.75, 3.05) is 0 Å². The van der Waals surface area contributed by atoms with Gasteiger partial charge in [-0.1, -0.05) is 60.7 Å². The quantitative estimate of drug-likeness (QED) is 0.406. The molecular formula is C28H27FN2O. The van der Waals surface area contributed by atoms with Crippen LogP contribution in [0.1, 0.15) is 47.6 Å². The number of halogens is 1. The molecule has 1 aliphatic carbocycles. The Labute approximate surface area is 187 Å². The van der Waals surface area contributed by atoms with Gasteiger partial charge in [-0.05, 0) is 54.5 Å². The predicted molar refractivity (Wildman–Crippen MR) is 126 cm³/mol. The van der Waals surface area contributed by atoms with Crippen LogP contribution in [0.15, 0.2) is 79.0 Å². The zero-order valence-corrected chi connectivity index (χ0v) is 18.1. The van der Waals surface area contributed by atoms with Crippen molar-refractivity contribution in [2.45, 2.75) is 44.7 Å². The third-order valence-corrected chi connectivity index (χ3v) is 6.50. The van der Waals surface area contributed by atoms with E-state index in [0.29, 0.717) is 24.9 Å². The van der Waals surface area contributed by atoms with Gasteiger partial charge < -0.3 is 9.88 Å². The number of carbonyl (C=O) groups is 1. The highest BCUT2D eigenvalue weighted by Crippen LogP contribution is 2.30. The van der Waals surface area contributed by atoms with Gasteiger partial charge in [0.2, 0.25) is 5.91 Å². The van der Waals surface area contributed by atoms with Gasteiger partial charge in [-0.25, -0.2) is 4.39 Å². The maximum atomic E-state index is 14.2. The highest BCUT2D eigenvalue weighted by atomic mass is 19.1. The topological polar surface area (TPSA) is 34.0 Å². The number of para-hydroxylation sites is 1. The summed E-state index contributed by atoms with van der Waals surface area (Å²) < 4.78 is 16.3. The van der Waals surface area contributed by atoms with Gasteiger partial charge in [-0.3, -0.25) is 4.79 Å². The van der Waals surface area contributed by atoms with Crippen molar-refractivity contribution in [3.8, 4) is 0 Å². The Kier molecular flexibility index (Phi) is 5.76. The molecule has 0 aliphatic heterocycles. The number of hydrogen-bond donors (Lipinski definition) is 1. The van der Waals surface area contributed by atoms with Crippen LogP contribution in [-0.4, -0.2) is 10.5 Å². The molecule has 32 heavy (non-hydrogen) atoms. The number of hydrogen-bond acceptors (Lipinski definition) is 1. The second-order valence-electron chi connectivity index (χ2n) is 8.60. The van der Waals surface area contributed by atoms with E-state index in [9.17, 15) is 9.18 Å². The molecule has 0 radical (unpaired) electrons. The molecule has 1 heterocycles. The number of benzene rings is 3. The lowest BCUT2D eigenvalue weighted by molar-refractivity contribution is -0.121. The Morgan fingerprint density at radius 2 is 1.75 bits per heavy atom. The molecule has 1 atom stereocenters. The second-order valence-corrected chi connectivity index (χ2v) is 8.60. The van der Waals surface area contributed by atoms with E-state index in [2.05, 4.69) is 46.4 Å². The lowest BCUT2D eigenvalue weighted by Crippen LogP contribution is -2.31. The first-order chi connectivity index (χ1) is 15.7. The molecule has 0 saturated carbocycles. The van der Waals surface area contributed by atoms with E-state index in [1.165, 1.54) is 17.2 Å². The summed E-state index contributed by atoms with van der Waals surface area (Å²) in [5, 5.41) is 4.38. The lowest BCUT2D eigenvalue weighted by atomic mass is 9.87. The molecule has 1 amide bonds. The average molecular weight is 427 g/mol. The van der Waals surface area contributed by atoms with E-state index in [4.69, 9.17) is 0 Å². The van der Waals surface area contributed by atoms with E-state index in [0.717, 1.165) is 35.7 Å². The first kappa shape index (κ1) is 20.5. The number of aryl methyl sites for hydroxylation is 2. The number of nitrogens with zero attached hydrogens (tertiary/aromatic N) is 1. The van der Waals surface area contributed by atoms with Crippen LogP contribution in [0, 0.1) is 5.82 Å². The van der Waals surface area contributed by atoms with E-state index < -0.39 is 0 Å². The van der Waals surface area contributed by atoms with E-state index in [1.807, 2.05) is 30.3 Å². The maximum Gasteiger partial charge on any atom is 0.220 e. The number of fused-ring (bicyclic) bond motifs is 2. The molecule has 0 spiro atoms. The first-order valence-corrected chi connectivity index (χ1v) is 11.4. The highest BCUT2D eigenvalue weighted by molar-refractivity contribution is 5.85. The van der Waals surface area contributed by atoms with Gasteiger partial charge in [0.05, 0.1) is 12.6 Å². The summed E-state index contributed by atoms with van der Waals surface area (Å²) in [5.41, 5.74) is 5.45. The van der Waals surface area contributed by atoms with Crippen molar-refractivity contribution in [1.82, 2.24) is 9.88 Å². The fraction of sp³-hybridized carbons (Fsp3) is 0.250. The monoisotopic (exact) mass is 426 g/mol. The summed E-state index contributed by atoms with van der Waals surface area (Å²) in [4.78, 5) is 12.8. The summed E-state index contributed by atoms with van der Waals surface area (Å²) in [6.07, 6.45) is 6.35. The predicted octanol–water partition coefficient (Wildman–Crippen LogP) is 5.96. The smallest absolute Gasteiger partial charge is 0.220 e. The van der Waals surface area contributed by atoms with Crippen LogP contribution in [0.2, 0.25) is 0 Å². The van der Waals surface area contributed by atoms with Crippen LogP contribution >= 0.6 is 0 Å². The summed E-state index contributed by atoms with van der Waals surface area (Å²) in [6, 6.07) is 23.6. The molecule has 4 heteroatoms. The molecule has 3 nitrogen and oxygen atoms in total. The van der Waals surface area contributed by atoms with Crippen molar-refractivity contribution in [2.24, 2.45) is 0 Å². The molecule has 0 fully saturated rings. The van der Waals surface area contributed by atoms with Crippen molar-refractivity contribution in [3.63, 3.8) is 0 Å². The average Bonchev–Trinajstić information content (AvgIpc) is 3.17. The molecule has 1 aromatic heterocycles. The zero-order valence-electron chi connectivity index (χ0n) is 18.1. The fourth-order valence-electron chi connectivity index (χ4n) is 4.88. The Balaban J connectivity index is 1.31. The molecule has 1 aliphatic rings. The van der Waals surface area contributed by atoms with Crippen LogP contribution in [0.3, 0.4) is 0 Å². The second kappa shape index (κ2) is 8.99. The molecule has 3 aromatic carbocycles. The standard InChI is InChI=1S/C28H27FN2O/c29-25-13-5-2-9-22(25)19-31-18-21(24-12-4-6-15-27(24)31)16-17-28(32)30-26-14-7-10-20-8-1-3-11-23(20)26/h1-6,8-9,11-13,15,18,26H,7,10,14,16-17,19H2,(H,30,32)/t26-/m0/s1. The summed E-state index contributed by atoms with van der Waals surface area (Å²) in [6.45, 7) is 0.470. The van der Waals surface area contributed by atoms with Crippen LogP contribution in [-0.2, 0) is 24.2 Å². The highest BCUT2D eigenvalue weighted by Gasteiger charge is 2.21. The van der Waals surface area contributed by atoms with Gasteiger partial charge in [0.15, 0.2) is 0 Å². The fourth-order valence-corrected chi connectivity index (χ4v) is 4.88. The van der Waals surface area contributed by atoms with Crippen LogP contribution in [0.4, 0.5) is 4.39 Å². The number of aromatic nitrogens is 1. The van der Waals surface area contributed by atoms with Gasteiger partial charge in [-0.2, -0.15) is 0 Å². The SMILES string of the molecule is O=C(CCc1cn(Cc2ccccc2F)c2ccccc12)N[C@H]1CCCc2ccccc21. The normalized spacial score (nSPS) is 15.5. The molecule has 162 valence electrons. The van der Waals surface area contributed by atoms with E-state index in [1.54, 1.807) is 6.07 Å². The molecule has 1 N–H and O–H groups in total. The minimum Gasteiger partial charge on any atom is -0.349 e. The maximum absolute atomic E-state index is 14.2. The summed E-state index contributed by atoms with van der Waals surface area (Å²) >= 11 is 0. The Morgan fingerprint density at radius 1 is 0.969 bits per heavy atom. The number of nitrogens with one attached hydrogen (secondary N) is 1. The molecule has 0 bridgehead atoms. The minimum atomic E-state index is -0.195. The number of carbonyl (C=O) groups excluding carboxylic acids is 1. The first-order valence-electron chi connectivity index (χ1n) is 11.4. The van der Waals surface area contributed by atoms with Crippen molar-refractivity contribution in [3.05, 3.63) is 107 Å². The summed E-state index contributed by atoms with van der Waals surface area (Å²) in [5.74, 6) is -0.114. The molecule has 0 saturated heterocycles. The molecular weight excluding hydrogens is 399 g/mol. The molecule has 0 unspecified atom stereocenters. The summed E-state index contributed by atoms with van der Waals surface area (Å²) in [7, 11) is 0. The van der Waals surface area contributed by atoms with Crippen molar-refractivity contribution < 1.29 is 9.18 Å². The van der Waals surface area contributed by atoms with Gasteiger partial charge in [-0.15, -0.1) is 0 Å². The van der Waals surface area contributed by atoms with Gasteiger partial charge in [0.25, 0.3) is 0 Å². The number of rotatable bonds is 6. The van der Waals surface area contributed by atoms with E-state index in [-0.39, 0.29) is 17.8 Å². The Bertz CT molecular complexity index is 1260. The Morgan fingerprint density at radius 3 is 2.66 bits per heavy atom.